The number of ketones is 1. The van der Waals surface area contributed by atoms with Crippen LogP contribution in [0, 0.1) is 13.8 Å². The van der Waals surface area contributed by atoms with Gasteiger partial charge in [0.25, 0.3) is 0 Å². The highest BCUT2D eigenvalue weighted by Gasteiger charge is 2.10. The Labute approximate surface area is 117 Å². The molecule has 0 N–H and O–H groups in total. The first kappa shape index (κ1) is 12.5. The van der Waals surface area contributed by atoms with Crippen LogP contribution in [0.3, 0.4) is 0 Å². The first-order chi connectivity index (χ1) is 9.63. The quantitative estimate of drug-likeness (QED) is 0.664. The van der Waals surface area contributed by atoms with Crippen LogP contribution in [0.15, 0.2) is 48.7 Å². The van der Waals surface area contributed by atoms with E-state index in [1.54, 1.807) is 6.20 Å². The molecule has 0 saturated heterocycles. The predicted molar refractivity (Wildman–Crippen MR) is 78.9 cm³/mol. The van der Waals surface area contributed by atoms with Crippen molar-refractivity contribution in [3.8, 4) is 0 Å². The van der Waals surface area contributed by atoms with E-state index in [1.165, 1.54) is 0 Å². The van der Waals surface area contributed by atoms with Crippen molar-refractivity contribution in [3.05, 3.63) is 71.2 Å². The van der Waals surface area contributed by atoms with Crippen molar-refractivity contribution >= 4 is 16.7 Å². The maximum atomic E-state index is 12.4. The average Bonchev–Trinajstić information content (AvgIpc) is 2.47. The van der Waals surface area contributed by atoms with Gasteiger partial charge < -0.3 is 0 Å². The molecule has 3 heteroatoms. The summed E-state index contributed by atoms with van der Waals surface area (Å²) in [5, 5.41) is 0.974. The van der Waals surface area contributed by atoms with Crippen molar-refractivity contribution in [1.82, 2.24) is 9.97 Å². The fourth-order valence-corrected chi connectivity index (χ4v) is 2.14. The van der Waals surface area contributed by atoms with Crippen molar-refractivity contribution in [2.24, 2.45) is 0 Å². The normalized spacial score (nSPS) is 10.7. The van der Waals surface area contributed by atoms with Gasteiger partial charge in [0.1, 0.15) is 0 Å². The van der Waals surface area contributed by atoms with E-state index in [0.29, 0.717) is 11.1 Å². The van der Waals surface area contributed by atoms with Crippen molar-refractivity contribution in [1.29, 1.82) is 0 Å². The standard InChI is InChI=1S/C17H14N2O/c1-11-3-6-15(10-18-11)17(20)14-7-8-16-13(9-14)5-4-12(2)19-16/h3-10H,1-2H3. The SMILES string of the molecule is Cc1ccc(C(=O)c2ccc3nc(C)ccc3c2)cn1. The second kappa shape index (κ2) is 4.85. The number of pyridine rings is 2. The number of carbonyl (C=O) groups is 1. The van der Waals surface area contributed by atoms with Crippen LogP contribution in [0.5, 0.6) is 0 Å². The molecule has 3 nitrogen and oxygen atoms in total. The highest BCUT2D eigenvalue weighted by molar-refractivity contribution is 6.10. The van der Waals surface area contributed by atoms with Gasteiger partial charge >= 0.3 is 0 Å². The molecule has 98 valence electrons. The maximum absolute atomic E-state index is 12.4. The van der Waals surface area contributed by atoms with Crippen molar-refractivity contribution in [3.63, 3.8) is 0 Å². The molecule has 0 radical (unpaired) electrons. The molecule has 0 bridgehead atoms. The fourth-order valence-electron chi connectivity index (χ4n) is 2.14. The van der Waals surface area contributed by atoms with E-state index >= 15 is 0 Å². The molecule has 0 fully saturated rings. The molecule has 0 aliphatic carbocycles. The summed E-state index contributed by atoms with van der Waals surface area (Å²) >= 11 is 0. The van der Waals surface area contributed by atoms with Crippen LogP contribution in [0.1, 0.15) is 27.3 Å². The van der Waals surface area contributed by atoms with Gasteiger partial charge in [0.05, 0.1) is 5.52 Å². The molecule has 0 aliphatic rings. The van der Waals surface area contributed by atoms with Crippen LogP contribution in [0.4, 0.5) is 0 Å². The van der Waals surface area contributed by atoms with E-state index in [9.17, 15) is 4.79 Å². The summed E-state index contributed by atoms with van der Waals surface area (Å²) in [5.41, 5.74) is 4.05. The van der Waals surface area contributed by atoms with Crippen LogP contribution in [-0.2, 0) is 0 Å². The molecule has 20 heavy (non-hydrogen) atoms. The highest BCUT2D eigenvalue weighted by atomic mass is 16.1. The van der Waals surface area contributed by atoms with Crippen molar-refractivity contribution in [2.45, 2.75) is 13.8 Å². The van der Waals surface area contributed by atoms with Crippen LogP contribution in [0.2, 0.25) is 0 Å². The molecule has 0 atom stereocenters. The number of benzene rings is 1. The summed E-state index contributed by atoms with van der Waals surface area (Å²) < 4.78 is 0. The molecule has 1 aromatic carbocycles. The second-order valence-electron chi connectivity index (χ2n) is 4.88. The number of aromatic nitrogens is 2. The van der Waals surface area contributed by atoms with Crippen LogP contribution < -0.4 is 0 Å². The largest absolute Gasteiger partial charge is 0.289 e. The van der Waals surface area contributed by atoms with E-state index in [0.717, 1.165) is 22.3 Å². The molecule has 2 aromatic heterocycles. The molecular formula is C17H14N2O. The zero-order valence-corrected chi connectivity index (χ0v) is 11.4. The number of aryl methyl sites for hydroxylation is 2. The summed E-state index contributed by atoms with van der Waals surface area (Å²) in [6.07, 6.45) is 1.62. The third-order valence-corrected chi connectivity index (χ3v) is 3.26. The van der Waals surface area contributed by atoms with Crippen LogP contribution in [0.25, 0.3) is 10.9 Å². The summed E-state index contributed by atoms with van der Waals surface area (Å²) in [6, 6.07) is 13.2. The summed E-state index contributed by atoms with van der Waals surface area (Å²) in [5.74, 6) is -0.0139. The van der Waals surface area contributed by atoms with Crippen molar-refractivity contribution in [2.75, 3.05) is 0 Å². The average molecular weight is 262 g/mol. The van der Waals surface area contributed by atoms with E-state index in [-0.39, 0.29) is 5.78 Å². The molecule has 3 rings (SSSR count). The summed E-state index contributed by atoms with van der Waals surface area (Å²) in [4.78, 5) is 21.0. The van der Waals surface area contributed by atoms with Crippen LogP contribution >= 0.6 is 0 Å². The Morgan fingerprint density at radius 1 is 0.900 bits per heavy atom. The third-order valence-electron chi connectivity index (χ3n) is 3.26. The molecule has 0 amide bonds. The number of nitrogens with zero attached hydrogens (tertiary/aromatic N) is 2. The Bertz CT molecular complexity index is 792. The maximum Gasteiger partial charge on any atom is 0.194 e. The summed E-state index contributed by atoms with van der Waals surface area (Å²) in [6.45, 7) is 3.86. The molecule has 0 aliphatic heterocycles. The van der Waals surface area contributed by atoms with E-state index in [2.05, 4.69) is 9.97 Å². The molecule has 0 saturated carbocycles. The minimum Gasteiger partial charge on any atom is -0.289 e. The Hall–Kier alpha value is -2.55. The molecule has 0 unspecified atom stereocenters. The molecular weight excluding hydrogens is 248 g/mol. The number of rotatable bonds is 2. The number of fused-ring (bicyclic) bond motifs is 1. The van der Waals surface area contributed by atoms with E-state index < -0.39 is 0 Å². The van der Waals surface area contributed by atoms with Crippen molar-refractivity contribution < 1.29 is 4.79 Å². The lowest BCUT2D eigenvalue weighted by molar-refractivity contribution is 0.103. The highest BCUT2D eigenvalue weighted by Crippen LogP contribution is 2.17. The Balaban J connectivity index is 2.03. The van der Waals surface area contributed by atoms with Gasteiger partial charge in [0, 0.05) is 34.1 Å². The fraction of sp³-hybridized carbons (Fsp3) is 0.118. The third kappa shape index (κ3) is 2.30. The second-order valence-corrected chi connectivity index (χ2v) is 4.88. The monoisotopic (exact) mass is 262 g/mol. The van der Waals surface area contributed by atoms with Gasteiger partial charge in [-0.25, -0.2) is 0 Å². The number of hydrogen-bond acceptors (Lipinski definition) is 3. The van der Waals surface area contributed by atoms with E-state index in [1.807, 2.05) is 56.3 Å². The van der Waals surface area contributed by atoms with Gasteiger partial charge in [-0.05, 0) is 50.2 Å². The lowest BCUT2D eigenvalue weighted by Crippen LogP contribution is -2.02. The summed E-state index contributed by atoms with van der Waals surface area (Å²) in [7, 11) is 0. The van der Waals surface area contributed by atoms with Gasteiger partial charge in [-0.3, -0.25) is 14.8 Å². The predicted octanol–water partition coefficient (Wildman–Crippen LogP) is 3.48. The minimum absolute atomic E-state index is 0.0139. The zero-order chi connectivity index (χ0) is 14.1. The van der Waals surface area contributed by atoms with Gasteiger partial charge in [-0.15, -0.1) is 0 Å². The van der Waals surface area contributed by atoms with Gasteiger partial charge in [-0.1, -0.05) is 6.07 Å². The van der Waals surface area contributed by atoms with Gasteiger partial charge in [0.15, 0.2) is 5.78 Å². The first-order valence-corrected chi connectivity index (χ1v) is 6.48. The molecule has 3 aromatic rings. The zero-order valence-electron chi connectivity index (χ0n) is 11.4. The Morgan fingerprint density at radius 2 is 1.65 bits per heavy atom. The Morgan fingerprint density at radius 3 is 2.40 bits per heavy atom. The van der Waals surface area contributed by atoms with Gasteiger partial charge in [0.2, 0.25) is 0 Å². The number of hydrogen-bond donors (Lipinski definition) is 0. The molecule has 0 spiro atoms. The Kier molecular flexibility index (Phi) is 3.03. The van der Waals surface area contributed by atoms with E-state index in [4.69, 9.17) is 0 Å². The van der Waals surface area contributed by atoms with Crippen LogP contribution in [-0.4, -0.2) is 15.8 Å². The lowest BCUT2D eigenvalue weighted by atomic mass is 10.0. The number of carbonyl (C=O) groups excluding carboxylic acids is 1. The lowest BCUT2D eigenvalue weighted by Gasteiger charge is -2.04. The smallest absolute Gasteiger partial charge is 0.194 e. The minimum atomic E-state index is -0.0139. The van der Waals surface area contributed by atoms with Gasteiger partial charge in [-0.2, -0.15) is 0 Å². The molecule has 2 heterocycles. The first-order valence-electron chi connectivity index (χ1n) is 6.48. The topological polar surface area (TPSA) is 42.9 Å².